The molecule has 0 aliphatic heterocycles. The van der Waals surface area contributed by atoms with Gasteiger partial charge in [0.2, 0.25) is 15.9 Å². The fourth-order valence-corrected chi connectivity index (χ4v) is 4.93. The van der Waals surface area contributed by atoms with Crippen LogP contribution in [0.5, 0.6) is 0 Å². The van der Waals surface area contributed by atoms with E-state index >= 15 is 0 Å². The van der Waals surface area contributed by atoms with Gasteiger partial charge in [-0.25, -0.2) is 13.1 Å². The number of aromatic amines is 1. The van der Waals surface area contributed by atoms with Crippen LogP contribution in [0, 0.1) is 0 Å². The summed E-state index contributed by atoms with van der Waals surface area (Å²) in [5.41, 5.74) is 3.44. The van der Waals surface area contributed by atoms with Crippen molar-refractivity contribution in [1.82, 2.24) is 29.6 Å². The second-order valence-electron chi connectivity index (χ2n) is 8.16. The molecule has 1 atom stereocenters. The Morgan fingerprint density at radius 2 is 2.03 bits per heavy atom. The van der Waals surface area contributed by atoms with Crippen LogP contribution in [0.2, 0.25) is 0 Å². The first kappa shape index (κ1) is 22.9. The second-order valence-corrected chi connectivity index (χ2v) is 10.2. The molecule has 0 radical (unpaired) electrons. The molecule has 174 valence electrons. The van der Waals surface area contributed by atoms with Crippen LogP contribution in [0.15, 0.2) is 53.6 Å². The van der Waals surface area contributed by atoms with E-state index in [0.717, 1.165) is 32.7 Å². The van der Waals surface area contributed by atoms with E-state index in [-0.39, 0.29) is 23.4 Å². The van der Waals surface area contributed by atoms with Crippen molar-refractivity contribution < 1.29 is 13.2 Å². The first-order chi connectivity index (χ1) is 15.8. The molecular weight excluding hydrogens is 440 g/mol. The summed E-state index contributed by atoms with van der Waals surface area (Å²) in [5, 5.41) is 12.2. The molecule has 0 saturated heterocycles. The lowest BCUT2D eigenvalue weighted by molar-refractivity contribution is -0.121. The SMILES string of the molecule is CC[C@@H](C)n1nnc2cc(S(=O)(=O)N(C)CC(=O)NCCc3c[nH]c4ccccc34)ccc21. The molecule has 4 aromatic rings. The lowest BCUT2D eigenvalue weighted by Crippen LogP contribution is -2.39. The molecule has 0 unspecified atom stereocenters. The van der Waals surface area contributed by atoms with Gasteiger partial charge in [0, 0.05) is 30.7 Å². The highest BCUT2D eigenvalue weighted by Gasteiger charge is 2.24. The summed E-state index contributed by atoms with van der Waals surface area (Å²) < 4.78 is 28.8. The Labute approximate surface area is 192 Å². The molecule has 33 heavy (non-hydrogen) atoms. The molecule has 0 bridgehead atoms. The number of fused-ring (bicyclic) bond motifs is 2. The maximum absolute atomic E-state index is 13.0. The van der Waals surface area contributed by atoms with Crippen LogP contribution in [-0.4, -0.2) is 58.7 Å². The first-order valence-electron chi connectivity index (χ1n) is 10.9. The van der Waals surface area contributed by atoms with Gasteiger partial charge in [-0.3, -0.25) is 4.79 Å². The summed E-state index contributed by atoms with van der Waals surface area (Å²) >= 11 is 0. The minimum absolute atomic E-state index is 0.0836. The average Bonchev–Trinajstić information content (AvgIpc) is 3.42. The predicted octanol–water partition coefficient (Wildman–Crippen LogP) is 2.86. The fourth-order valence-electron chi connectivity index (χ4n) is 3.78. The standard InChI is InChI=1S/C23H28N6O3S/c1-4-16(2)29-22-10-9-18(13-21(22)26-27-29)33(31,32)28(3)15-23(30)24-12-11-17-14-25-20-8-6-5-7-19(17)20/h5-10,13-14,16,25H,4,11-12,15H2,1-3H3,(H,24,30)/t16-/m1/s1. The summed E-state index contributed by atoms with van der Waals surface area (Å²) in [4.78, 5) is 15.7. The van der Waals surface area contributed by atoms with Crippen LogP contribution in [0.3, 0.4) is 0 Å². The van der Waals surface area contributed by atoms with E-state index in [1.807, 2.05) is 37.4 Å². The minimum Gasteiger partial charge on any atom is -0.361 e. The van der Waals surface area contributed by atoms with E-state index in [1.54, 1.807) is 10.7 Å². The lowest BCUT2D eigenvalue weighted by Gasteiger charge is -2.17. The van der Waals surface area contributed by atoms with E-state index < -0.39 is 10.0 Å². The number of hydrogen-bond acceptors (Lipinski definition) is 5. The minimum atomic E-state index is -3.85. The number of aromatic nitrogens is 4. The van der Waals surface area contributed by atoms with Crippen molar-refractivity contribution >= 4 is 37.9 Å². The number of carbonyl (C=O) groups is 1. The fraction of sp³-hybridized carbons (Fsp3) is 0.348. The molecule has 0 aliphatic carbocycles. The lowest BCUT2D eigenvalue weighted by atomic mass is 10.1. The van der Waals surface area contributed by atoms with Crippen LogP contribution in [-0.2, 0) is 21.2 Å². The molecule has 1 amide bonds. The third-order valence-electron chi connectivity index (χ3n) is 5.92. The summed E-state index contributed by atoms with van der Waals surface area (Å²) in [7, 11) is -2.45. The Bertz CT molecular complexity index is 1390. The number of sulfonamides is 1. The van der Waals surface area contributed by atoms with Crippen molar-refractivity contribution in [2.75, 3.05) is 20.1 Å². The third kappa shape index (κ3) is 4.62. The topological polar surface area (TPSA) is 113 Å². The highest BCUT2D eigenvalue weighted by molar-refractivity contribution is 7.89. The number of amides is 1. The number of carbonyl (C=O) groups excluding carboxylic acids is 1. The highest BCUT2D eigenvalue weighted by atomic mass is 32.2. The number of nitrogens with zero attached hydrogens (tertiary/aromatic N) is 4. The Morgan fingerprint density at radius 1 is 1.24 bits per heavy atom. The van der Waals surface area contributed by atoms with Crippen LogP contribution >= 0.6 is 0 Å². The Hall–Kier alpha value is -3.24. The maximum Gasteiger partial charge on any atom is 0.243 e. The van der Waals surface area contributed by atoms with E-state index in [0.29, 0.717) is 18.5 Å². The van der Waals surface area contributed by atoms with Crippen molar-refractivity contribution in [3.8, 4) is 0 Å². The number of likely N-dealkylation sites (N-methyl/N-ethyl adjacent to an activating group) is 1. The van der Waals surface area contributed by atoms with Crippen LogP contribution < -0.4 is 5.32 Å². The summed E-state index contributed by atoms with van der Waals surface area (Å²) in [6, 6.07) is 12.9. The van der Waals surface area contributed by atoms with Crippen LogP contribution in [0.25, 0.3) is 21.9 Å². The Kier molecular flexibility index (Phi) is 6.48. The van der Waals surface area contributed by atoms with Gasteiger partial charge in [0.05, 0.1) is 23.0 Å². The maximum atomic E-state index is 13.0. The highest BCUT2D eigenvalue weighted by Crippen LogP contribution is 2.23. The number of benzene rings is 2. The zero-order valence-corrected chi connectivity index (χ0v) is 19.8. The Balaban J connectivity index is 1.38. The van der Waals surface area contributed by atoms with Gasteiger partial charge in [-0.2, -0.15) is 4.31 Å². The molecule has 0 aliphatic rings. The van der Waals surface area contributed by atoms with Gasteiger partial charge in [0.25, 0.3) is 0 Å². The summed E-state index contributed by atoms with van der Waals surface area (Å²) in [6.45, 7) is 4.23. The predicted molar refractivity (Wildman–Crippen MR) is 127 cm³/mol. The van der Waals surface area contributed by atoms with Crippen LogP contribution in [0.4, 0.5) is 0 Å². The summed E-state index contributed by atoms with van der Waals surface area (Å²) in [6.07, 6.45) is 3.46. The molecule has 2 N–H and O–H groups in total. The van der Waals surface area contributed by atoms with Crippen molar-refractivity contribution in [1.29, 1.82) is 0 Å². The molecule has 2 aromatic carbocycles. The molecule has 4 rings (SSSR count). The summed E-state index contributed by atoms with van der Waals surface area (Å²) in [5.74, 6) is -0.357. The van der Waals surface area contributed by atoms with Gasteiger partial charge in [-0.1, -0.05) is 30.3 Å². The molecule has 2 heterocycles. The number of para-hydroxylation sites is 1. The van der Waals surface area contributed by atoms with Gasteiger partial charge in [0.15, 0.2) is 0 Å². The van der Waals surface area contributed by atoms with Crippen molar-refractivity contribution in [2.45, 2.75) is 37.6 Å². The normalized spacial score (nSPS) is 13.1. The van der Waals surface area contributed by atoms with Gasteiger partial charge in [0.1, 0.15) is 5.52 Å². The van der Waals surface area contributed by atoms with E-state index in [4.69, 9.17) is 0 Å². The molecule has 0 saturated carbocycles. The van der Waals surface area contributed by atoms with E-state index in [1.165, 1.54) is 19.2 Å². The van der Waals surface area contributed by atoms with Gasteiger partial charge < -0.3 is 10.3 Å². The number of nitrogens with one attached hydrogen (secondary N) is 2. The largest absolute Gasteiger partial charge is 0.361 e. The molecule has 10 heteroatoms. The second kappa shape index (κ2) is 9.32. The smallest absolute Gasteiger partial charge is 0.243 e. The van der Waals surface area contributed by atoms with Gasteiger partial charge >= 0.3 is 0 Å². The van der Waals surface area contributed by atoms with E-state index in [9.17, 15) is 13.2 Å². The van der Waals surface area contributed by atoms with Crippen LogP contribution in [0.1, 0.15) is 31.9 Å². The van der Waals surface area contributed by atoms with Gasteiger partial charge in [-0.05, 0) is 49.6 Å². The van der Waals surface area contributed by atoms with Crippen molar-refractivity contribution in [2.24, 2.45) is 0 Å². The number of H-pyrrole nitrogens is 1. The molecule has 9 nitrogen and oxygen atoms in total. The Morgan fingerprint density at radius 3 is 2.82 bits per heavy atom. The number of rotatable bonds is 9. The van der Waals surface area contributed by atoms with E-state index in [2.05, 4.69) is 27.5 Å². The van der Waals surface area contributed by atoms with Crippen molar-refractivity contribution in [3.05, 3.63) is 54.2 Å². The van der Waals surface area contributed by atoms with Gasteiger partial charge in [-0.15, -0.1) is 5.10 Å². The monoisotopic (exact) mass is 468 g/mol. The molecule has 2 aromatic heterocycles. The molecule has 0 spiro atoms. The van der Waals surface area contributed by atoms with Crippen molar-refractivity contribution in [3.63, 3.8) is 0 Å². The zero-order valence-electron chi connectivity index (χ0n) is 18.9. The zero-order chi connectivity index (χ0) is 23.6. The first-order valence-corrected chi connectivity index (χ1v) is 12.4. The quantitative estimate of drug-likeness (QED) is 0.392. The molecule has 0 fully saturated rings. The average molecular weight is 469 g/mol. The third-order valence-corrected chi connectivity index (χ3v) is 7.72. The number of hydrogen-bond donors (Lipinski definition) is 2. The molecular formula is C23H28N6O3S.